The molecule has 0 aromatic heterocycles. The summed E-state index contributed by atoms with van der Waals surface area (Å²) in [5.41, 5.74) is 0.674. The normalized spacial score (nSPS) is 13.3. The second-order valence-electron chi connectivity index (χ2n) is 8.74. The molecule has 0 unspecified atom stereocenters. The quantitative estimate of drug-likeness (QED) is 0.371. The lowest BCUT2D eigenvalue weighted by molar-refractivity contribution is -0.141. The second-order valence-corrected chi connectivity index (χ2v) is 11.6. The number of hydrogen-bond donors (Lipinski definition) is 1. The molecular formula is C26H35Cl2N3O4S. The van der Waals surface area contributed by atoms with Crippen molar-refractivity contribution in [1.29, 1.82) is 0 Å². The number of hydrogen-bond acceptors (Lipinski definition) is 4. The van der Waals surface area contributed by atoms with Gasteiger partial charge in [-0.1, -0.05) is 61.3 Å². The first kappa shape index (κ1) is 30.1. The standard InChI is InChI=1S/C26H35Cl2N3O4S/c1-5-19(3)29-26(33)24(6-2)31(18-20-14-15-21(27)17-23(20)28)25(32)13-10-16-30(4)36(34,35)22-11-8-7-9-12-22/h7-9,11-12,14-15,17,19,24H,5-6,10,13,16,18H2,1-4H3,(H,29,33)/t19-,24-/m0/s1. The number of amides is 2. The summed E-state index contributed by atoms with van der Waals surface area (Å²) in [5, 5.41) is 3.85. The maximum absolute atomic E-state index is 13.4. The van der Waals surface area contributed by atoms with Gasteiger partial charge in [-0.15, -0.1) is 0 Å². The lowest BCUT2D eigenvalue weighted by atomic mass is 10.1. The molecular weight excluding hydrogens is 521 g/mol. The molecule has 1 N–H and O–H groups in total. The van der Waals surface area contributed by atoms with Crippen molar-refractivity contribution in [3.05, 3.63) is 64.1 Å². The van der Waals surface area contributed by atoms with Crippen LogP contribution in [0.15, 0.2) is 53.4 Å². The number of nitrogens with one attached hydrogen (secondary N) is 1. The van der Waals surface area contributed by atoms with E-state index >= 15 is 0 Å². The summed E-state index contributed by atoms with van der Waals surface area (Å²) in [6, 6.07) is 12.5. The van der Waals surface area contributed by atoms with Crippen LogP contribution in [0.4, 0.5) is 0 Å². The molecule has 0 saturated heterocycles. The van der Waals surface area contributed by atoms with E-state index in [1.807, 2.05) is 20.8 Å². The van der Waals surface area contributed by atoms with Crippen molar-refractivity contribution in [3.8, 4) is 0 Å². The molecule has 0 heterocycles. The van der Waals surface area contributed by atoms with Gasteiger partial charge in [0.2, 0.25) is 21.8 Å². The Balaban J connectivity index is 2.18. The molecule has 2 aromatic carbocycles. The van der Waals surface area contributed by atoms with Crippen LogP contribution in [0.3, 0.4) is 0 Å². The van der Waals surface area contributed by atoms with Gasteiger partial charge in [0.05, 0.1) is 4.90 Å². The van der Waals surface area contributed by atoms with E-state index in [1.165, 1.54) is 28.4 Å². The highest BCUT2D eigenvalue weighted by Crippen LogP contribution is 2.24. The molecule has 2 aromatic rings. The van der Waals surface area contributed by atoms with Crippen LogP contribution in [0, 0.1) is 0 Å². The molecule has 7 nitrogen and oxygen atoms in total. The zero-order valence-electron chi connectivity index (χ0n) is 21.2. The average Bonchev–Trinajstić information content (AvgIpc) is 2.85. The Morgan fingerprint density at radius 2 is 1.69 bits per heavy atom. The van der Waals surface area contributed by atoms with Crippen molar-refractivity contribution in [2.24, 2.45) is 0 Å². The molecule has 0 fully saturated rings. The largest absolute Gasteiger partial charge is 0.352 e. The number of carbonyl (C=O) groups is 2. The molecule has 0 aliphatic carbocycles. The number of rotatable bonds is 13. The lowest BCUT2D eigenvalue weighted by Crippen LogP contribution is -2.50. The number of benzene rings is 2. The minimum Gasteiger partial charge on any atom is -0.352 e. The zero-order chi connectivity index (χ0) is 26.9. The molecule has 2 amide bonds. The van der Waals surface area contributed by atoms with E-state index < -0.39 is 16.1 Å². The number of carbonyl (C=O) groups excluding carboxylic acids is 2. The van der Waals surface area contributed by atoms with Crippen molar-refractivity contribution in [2.75, 3.05) is 13.6 Å². The van der Waals surface area contributed by atoms with Crippen molar-refractivity contribution < 1.29 is 18.0 Å². The summed E-state index contributed by atoms with van der Waals surface area (Å²) < 4.78 is 26.8. The number of nitrogens with zero attached hydrogens (tertiary/aromatic N) is 2. The van der Waals surface area contributed by atoms with Crippen LogP contribution in [0.25, 0.3) is 0 Å². The third-order valence-electron chi connectivity index (χ3n) is 6.06. The van der Waals surface area contributed by atoms with Gasteiger partial charge in [0, 0.05) is 42.6 Å². The fourth-order valence-electron chi connectivity index (χ4n) is 3.68. The summed E-state index contributed by atoms with van der Waals surface area (Å²) in [5.74, 6) is -0.480. The van der Waals surface area contributed by atoms with Crippen molar-refractivity contribution >= 4 is 45.0 Å². The Kier molecular flexibility index (Phi) is 11.7. The number of sulfonamides is 1. The summed E-state index contributed by atoms with van der Waals surface area (Å²) >= 11 is 12.4. The SMILES string of the molecule is CC[C@H](C)NC(=O)[C@H](CC)N(Cc1ccc(Cl)cc1Cl)C(=O)CCCN(C)S(=O)(=O)c1ccccc1. The van der Waals surface area contributed by atoms with E-state index in [0.717, 1.165) is 6.42 Å². The Morgan fingerprint density at radius 1 is 1.03 bits per heavy atom. The molecule has 2 rings (SSSR count). The van der Waals surface area contributed by atoms with Gasteiger partial charge >= 0.3 is 0 Å². The summed E-state index contributed by atoms with van der Waals surface area (Å²) in [4.78, 5) is 28.2. The minimum atomic E-state index is -3.65. The smallest absolute Gasteiger partial charge is 0.243 e. The summed E-state index contributed by atoms with van der Waals surface area (Å²) in [6.07, 6.45) is 1.56. The highest BCUT2D eigenvalue weighted by Gasteiger charge is 2.30. The van der Waals surface area contributed by atoms with E-state index in [9.17, 15) is 18.0 Å². The molecule has 198 valence electrons. The third-order valence-corrected chi connectivity index (χ3v) is 8.52. The first-order chi connectivity index (χ1) is 17.0. The van der Waals surface area contributed by atoms with Gasteiger partial charge in [-0.3, -0.25) is 9.59 Å². The van der Waals surface area contributed by atoms with Crippen molar-refractivity contribution in [3.63, 3.8) is 0 Å². The molecule has 0 spiro atoms. The van der Waals surface area contributed by atoms with E-state index in [0.29, 0.717) is 28.5 Å². The van der Waals surface area contributed by atoms with Crippen LogP contribution >= 0.6 is 23.2 Å². The first-order valence-electron chi connectivity index (χ1n) is 12.1. The molecule has 0 bridgehead atoms. The first-order valence-corrected chi connectivity index (χ1v) is 14.3. The average molecular weight is 557 g/mol. The van der Waals surface area contributed by atoms with Crippen LogP contribution in [0.2, 0.25) is 10.0 Å². The van der Waals surface area contributed by atoms with Crippen molar-refractivity contribution in [2.45, 2.75) is 70.0 Å². The number of halogens is 2. The predicted octanol–water partition coefficient (Wildman–Crippen LogP) is 5.12. The monoisotopic (exact) mass is 555 g/mol. The van der Waals surface area contributed by atoms with Gasteiger partial charge < -0.3 is 10.2 Å². The molecule has 0 aliphatic rings. The zero-order valence-corrected chi connectivity index (χ0v) is 23.5. The van der Waals surface area contributed by atoms with Crippen LogP contribution in [-0.4, -0.2) is 55.1 Å². The van der Waals surface area contributed by atoms with Crippen LogP contribution in [-0.2, 0) is 26.2 Å². The van der Waals surface area contributed by atoms with Gasteiger partial charge in [0.25, 0.3) is 0 Å². The lowest BCUT2D eigenvalue weighted by Gasteiger charge is -2.32. The Morgan fingerprint density at radius 3 is 2.28 bits per heavy atom. The van der Waals surface area contributed by atoms with E-state index in [4.69, 9.17) is 23.2 Å². The Labute approximate surface area is 224 Å². The van der Waals surface area contributed by atoms with E-state index in [-0.39, 0.29) is 42.3 Å². The van der Waals surface area contributed by atoms with Gasteiger partial charge in [0.1, 0.15) is 6.04 Å². The molecule has 36 heavy (non-hydrogen) atoms. The Hall–Kier alpha value is -2.13. The van der Waals surface area contributed by atoms with Crippen LogP contribution in [0.1, 0.15) is 52.0 Å². The van der Waals surface area contributed by atoms with Gasteiger partial charge in [0.15, 0.2) is 0 Å². The van der Waals surface area contributed by atoms with Gasteiger partial charge in [-0.05, 0) is 56.0 Å². The summed E-state index contributed by atoms with van der Waals surface area (Å²) in [7, 11) is -2.16. The maximum atomic E-state index is 13.4. The highest BCUT2D eigenvalue weighted by molar-refractivity contribution is 7.89. The molecule has 0 radical (unpaired) electrons. The predicted molar refractivity (Wildman–Crippen MR) is 144 cm³/mol. The third kappa shape index (κ3) is 8.20. The molecule has 0 saturated carbocycles. The maximum Gasteiger partial charge on any atom is 0.243 e. The molecule has 10 heteroatoms. The fraction of sp³-hybridized carbons (Fsp3) is 0.462. The highest BCUT2D eigenvalue weighted by atomic mass is 35.5. The van der Waals surface area contributed by atoms with E-state index in [1.54, 1.807) is 36.4 Å². The van der Waals surface area contributed by atoms with Gasteiger partial charge in [-0.25, -0.2) is 12.7 Å². The van der Waals surface area contributed by atoms with Gasteiger partial charge in [-0.2, -0.15) is 0 Å². The van der Waals surface area contributed by atoms with E-state index in [2.05, 4.69) is 5.32 Å². The molecule has 2 atom stereocenters. The second kappa shape index (κ2) is 14.0. The van der Waals surface area contributed by atoms with Crippen LogP contribution < -0.4 is 5.32 Å². The topological polar surface area (TPSA) is 86.8 Å². The summed E-state index contributed by atoms with van der Waals surface area (Å²) in [6.45, 7) is 6.04. The van der Waals surface area contributed by atoms with Crippen LogP contribution in [0.5, 0.6) is 0 Å². The Bertz CT molecular complexity index is 1130. The van der Waals surface area contributed by atoms with Crippen molar-refractivity contribution in [1.82, 2.24) is 14.5 Å². The minimum absolute atomic E-state index is 0.0283. The molecule has 0 aliphatic heterocycles. The fourth-order valence-corrected chi connectivity index (χ4v) is 5.38.